The molecule has 1 saturated heterocycles. The van der Waals surface area contributed by atoms with Gasteiger partial charge in [0, 0.05) is 41.7 Å². The fourth-order valence-electron chi connectivity index (χ4n) is 7.61. The number of carboxylic acid groups (broad SMARTS) is 1. The molecule has 8 nitrogen and oxygen atoms in total. The summed E-state index contributed by atoms with van der Waals surface area (Å²) < 4.78 is 6.02. The van der Waals surface area contributed by atoms with Gasteiger partial charge in [-0.15, -0.1) is 11.3 Å². The minimum Gasteiger partial charge on any atom is -0.507 e. The number of ether oxygens (including phenoxy) is 1. The molecule has 256 valence electrons. The Bertz CT molecular complexity index is 1640. The van der Waals surface area contributed by atoms with Crippen molar-refractivity contribution in [3.63, 3.8) is 0 Å². The van der Waals surface area contributed by atoms with Crippen LogP contribution in [0.15, 0.2) is 64.7 Å². The molecule has 0 saturated carbocycles. The van der Waals surface area contributed by atoms with Gasteiger partial charge in [-0.25, -0.2) is 4.79 Å². The molecule has 1 aromatic carbocycles. The summed E-state index contributed by atoms with van der Waals surface area (Å²) in [5, 5.41) is 23.4. The number of amides is 1. The van der Waals surface area contributed by atoms with E-state index in [0.29, 0.717) is 29.7 Å². The maximum atomic E-state index is 13.4. The number of rotatable bonds is 15. The van der Waals surface area contributed by atoms with Crippen molar-refractivity contribution in [2.45, 2.75) is 110 Å². The van der Waals surface area contributed by atoms with Crippen molar-refractivity contribution in [1.29, 1.82) is 0 Å². The molecule has 1 amide bonds. The highest BCUT2D eigenvalue weighted by Gasteiger charge is 2.52. The molecule has 2 aromatic rings. The van der Waals surface area contributed by atoms with Gasteiger partial charge >= 0.3 is 11.9 Å². The minimum atomic E-state index is -1.21. The zero-order valence-corrected chi connectivity index (χ0v) is 29.1. The molecule has 1 aliphatic carbocycles. The second-order valence-corrected chi connectivity index (χ2v) is 14.7. The highest BCUT2D eigenvalue weighted by atomic mass is 32.1. The molecule has 3 heterocycles. The van der Waals surface area contributed by atoms with Crippen molar-refractivity contribution in [3.8, 4) is 11.5 Å². The van der Waals surface area contributed by atoms with E-state index >= 15 is 0 Å². The van der Waals surface area contributed by atoms with E-state index in [-0.39, 0.29) is 66.7 Å². The number of hydrogen-bond acceptors (Lipinski definition) is 7. The summed E-state index contributed by atoms with van der Waals surface area (Å²) in [6.45, 7) is 10.4. The van der Waals surface area contributed by atoms with Crippen molar-refractivity contribution in [2.75, 3.05) is 0 Å². The zero-order chi connectivity index (χ0) is 34.5. The first kappa shape index (κ1) is 35.3. The van der Waals surface area contributed by atoms with Gasteiger partial charge in [-0.05, 0) is 99.4 Å². The van der Waals surface area contributed by atoms with Gasteiger partial charge < -0.3 is 19.8 Å². The van der Waals surface area contributed by atoms with E-state index in [1.807, 2.05) is 30.5 Å². The number of nitrogens with zero attached hydrogens (tertiary/aromatic N) is 1. The molecule has 2 N–H and O–H groups in total. The predicted octanol–water partition coefficient (Wildman–Crippen LogP) is 8.05. The van der Waals surface area contributed by atoms with Crippen molar-refractivity contribution >= 4 is 35.0 Å². The molecule has 3 aliphatic rings. The first-order valence-corrected chi connectivity index (χ1v) is 18.1. The van der Waals surface area contributed by atoms with E-state index in [0.717, 1.165) is 54.5 Å². The number of hydrogen-bond donors (Lipinski definition) is 2. The molecule has 0 radical (unpaired) electrons. The average molecular weight is 674 g/mol. The summed E-state index contributed by atoms with van der Waals surface area (Å²) in [5.41, 5.74) is 4.13. The fourth-order valence-corrected chi connectivity index (χ4v) is 8.34. The first-order valence-electron chi connectivity index (χ1n) is 17.2. The number of aromatic hydroxyl groups is 1. The Morgan fingerprint density at radius 1 is 1.12 bits per heavy atom. The molecule has 1 aromatic heterocycles. The third kappa shape index (κ3) is 7.83. The van der Waals surface area contributed by atoms with E-state index in [4.69, 9.17) is 4.74 Å². The average Bonchev–Trinajstić information content (AvgIpc) is 3.55. The number of benzene rings is 1. The number of thiophene rings is 1. The minimum absolute atomic E-state index is 0.0295. The van der Waals surface area contributed by atoms with Gasteiger partial charge in [0.1, 0.15) is 23.0 Å². The lowest BCUT2D eigenvalue weighted by molar-refractivity contribution is -0.160. The molecule has 1 fully saturated rings. The fraction of sp³-hybridized carbons (Fsp3) is 0.487. The number of carboxylic acids is 1. The van der Waals surface area contributed by atoms with Crippen molar-refractivity contribution in [1.82, 2.24) is 4.90 Å². The van der Waals surface area contributed by atoms with E-state index in [1.165, 1.54) is 21.8 Å². The van der Waals surface area contributed by atoms with Crippen LogP contribution in [-0.2, 0) is 32.0 Å². The van der Waals surface area contributed by atoms with Crippen LogP contribution in [0.5, 0.6) is 11.5 Å². The topological polar surface area (TPSA) is 121 Å². The predicted molar refractivity (Wildman–Crippen MR) is 186 cm³/mol. The second kappa shape index (κ2) is 15.5. The van der Waals surface area contributed by atoms with Gasteiger partial charge in [-0.2, -0.15) is 0 Å². The molecule has 9 heteroatoms. The van der Waals surface area contributed by atoms with Crippen LogP contribution in [0.4, 0.5) is 0 Å². The van der Waals surface area contributed by atoms with Gasteiger partial charge in [0.2, 0.25) is 5.91 Å². The maximum Gasteiger partial charge on any atom is 0.352 e. The molecule has 4 atom stereocenters. The molecule has 2 aliphatic heterocycles. The van der Waals surface area contributed by atoms with Crippen LogP contribution in [0.25, 0.3) is 0 Å². The number of ketones is 1. The van der Waals surface area contributed by atoms with E-state index in [2.05, 4.69) is 26.5 Å². The van der Waals surface area contributed by atoms with Crippen LogP contribution in [0.1, 0.15) is 107 Å². The van der Waals surface area contributed by atoms with Crippen LogP contribution >= 0.6 is 11.3 Å². The summed E-state index contributed by atoms with van der Waals surface area (Å²) in [6, 6.07) is 7.09. The zero-order valence-electron chi connectivity index (χ0n) is 28.3. The number of phenols is 1. The smallest absolute Gasteiger partial charge is 0.352 e. The van der Waals surface area contributed by atoms with Crippen LogP contribution in [0.2, 0.25) is 0 Å². The standard InChI is InChI=1S/C39H47NO7S/c1-5-6-7-9-25-19-33(42)36(30-18-24(4)11-14-29(30)23(2)3)34(20-25)47-35(43)16-13-26-12-15-32-31(38(44)40(32)37(26)39(45)46)22-27(41)21-28-10-8-17-48-28/h8,10,17-20,29-32,42H,2,5-7,9,11-16,21-22H2,1,3-4H3,(H,45,46)/t29-,30+,31-,32+/m0/s1. The SMILES string of the molecule is C=C(C)[C@@H]1CCC(C)=C[C@H]1c1c(O)cc(CCCCC)cc1OC(=O)CCC1=C(C(=O)O)N2C(=O)[C@@H](CC(=O)Cc3cccs3)[C@H]2CC1. The number of esters is 1. The summed E-state index contributed by atoms with van der Waals surface area (Å²) in [4.78, 5) is 54.0. The lowest BCUT2D eigenvalue weighted by Crippen LogP contribution is -2.63. The summed E-state index contributed by atoms with van der Waals surface area (Å²) in [5.74, 6) is -2.31. The molecular formula is C39H47NO7S. The molecule has 0 spiro atoms. The van der Waals surface area contributed by atoms with Crippen molar-refractivity contribution in [3.05, 3.63) is 80.7 Å². The molecule has 48 heavy (non-hydrogen) atoms. The van der Waals surface area contributed by atoms with Crippen LogP contribution < -0.4 is 4.74 Å². The van der Waals surface area contributed by atoms with Gasteiger partial charge in [0.15, 0.2) is 0 Å². The van der Waals surface area contributed by atoms with Gasteiger partial charge in [-0.3, -0.25) is 14.4 Å². The van der Waals surface area contributed by atoms with Crippen LogP contribution in [0.3, 0.4) is 0 Å². The van der Waals surface area contributed by atoms with Gasteiger partial charge in [0.25, 0.3) is 0 Å². The number of carbonyl (C=O) groups is 4. The number of aryl methyl sites for hydroxylation is 1. The lowest BCUT2D eigenvalue weighted by atomic mass is 9.73. The van der Waals surface area contributed by atoms with Gasteiger partial charge in [-0.1, -0.05) is 49.6 Å². The number of unbranched alkanes of at least 4 members (excludes halogenated alkanes) is 2. The van der Waals surface area contributed by atoms with Crippen molar-refractivity contribution in [2.24, 2.45) is 11.8 Å². The highest BCUT2D eigenvalue weighted by molar-refractivity contribution is 7.10. The number of phenolic OH excluding ortho intramolecular Hbond substituents is 1. The summed E-state index contributed by atoms with van der Waals surface area (Å²) >= 11 is 1.50. The van der Waals surface area contributed by atoms with Crippen molar-refractivity contribution < 1.29 is 34.1 Å². The summed E-state index contributed by atoms with van der Waals surface area (Å²) in [6.07, 6.45) is 9.16. The Morgan fingerprint density at radius 2 is 1.92 bits per heavy atom. The third-order valence-electron chi connectivity index (χ3n) is 10.1. The Kier molecular flexibility index (Phi) is 11.4. The second-order valence-electron chi connectivity index (χ2n) is 13.7. The lowest BCUT2D eigenvalue weighted by Gasteiger charge is -2.50. The number of aliphatic carboxylic acids is 1. The van der Waals surface area contributed by atoms with Gasteiger partial charge in [0.05, 0.1) is 5.92 Å². The Hall–Kier alpha value is -3.98. The molecular weight excluding hydrogens is 626 g/mol. The first-order chi connectivity index (χ1) is 23.0. The third-order valence-corrected chi connectivity index (χ3v) is 11.0. The largest absolute Gasteiger partial charge is 0.507 e. The Labute approximate surface area is 287 Å². The molecule has 5 rings (SSSR count). The van der Waals surface area contributed by atoms with E-state index in [1.54, 1.807) is 6.07 Å². The number of carbonyl (C=O) groups excluding carboxylic acids is 3. The summed E-state index contributed by atoms with van der Waals surface area (Å²) in [7, 11) is 0. The number of allylic oxidation sites excluding steroid dienone is 4. The number of β-lactam (4-membered cyclic amide) rings is 1. The Balaban J connectivity index is 1.32. The normalized spacial score (nSPS) is 22.1. The van der Waals surface area contributed by atoms with E-state index < -0.39 is 17.9 Å². The maximum absolute atomic E-state index is 13.4. The number of Topliss-reactive ketones (excluding diaryl/α,β-unsaturated/α-hetero) is 1. The monoisotopic (exact) mass is 673 g/mol. The van der Waals surface area contributed by atoms with E-state index in [9.17, 15) is 29.4 Å². The quantitative estimate of drug-likeness (QED) is 0.0645. The Morgan fingerprint density at radius 3 is 2.60 bits per heavy atom. The highest BCUT2D eigenvalue weighted by Crippen LogP contribution is 2.47. The van der Waals surface area contributed by atoms with Crippen LogP contribution in [-0.4, -0.2) is 44.8 Å². The number of fused-ring (bicyclic) bond motifs is 1. The molecule has 0 bridgehead atoms. The molecule has 0 unspecified atom stereocenters. The van der Waals surface area contributed by atoms with Crippen LogP contribution in [0, 0.1) is 11.8 Å².